The lowest BCUT2D eigenvalue weighted by Gasteiger charge is -2.14. The largest absolute Gasteiger partial charge is 0.309 e. The average Bonchev–Trinajstić information content (AvgIpc) is 4.01. The van der Waals surface area contributed by atoms with Crippen LogP contribution in [0.25, 0.3) is 111 Å². The quantitative estimate of drug-likeness (QED) is 0.180. The monoisotopic (exact) mass is 741 g/mol. The summed E-state index contributed by atoms with van der Waals surface area (Å²) in [6, 6.07) is 66.6. The van der Waals surface area contributed by atoms with Crippen LogP contribution in [-0.4, -0.2) is 33.2 Å². The molecular formula is C51H31N7. The van der Waals surface area contributed by atoms with E-state index in [-0.39, 0.29) is 0 Å². The van der Waals surface area contributed by atoms with E-state index in [9.17, 15) is 0 Å². The second-order valence-electron chi connectivity index (χ2n) is 14.9. The standard InChI is InChI=1S/C51H31N7/c1-2-16-32(17-3-1)55-41-24-10-8-22-37(41)39-31-48-40(30-47(39)55)38-23-9-15-29-46(38)58(48)51-53-49(56-42-25-11-4-18-33(42)34-19-5-12-26-43(34)56)52-50(54-51)57-44-27-13-6-20-35(44)36-21-7-14-28-45(36)57/h1-31H. The van der Waals surface area contributed by atoms with E-state index >= 15 is 0 Å². The van der Waals surface area contributed by atoms with Crippen molar-refractivity contribution in [3.05, 3.63) is 188 Å². The van der Waals surface area contributed by atoms with Crippen LogP contribution < -0.4 is 0 Å². The van der Waals surface area contributed by atoms with Crippen LogP contribution in [0.15, 0.2) is 188 Å². The average molecular weight is 742 g/mol. The molecule has 0 aliphatic rings. The third-order valence-electron chi connectivity index (χ3n) is 11.8. The van der Waals surface area contributed by atoms with Crippen LogP contribution in [0.4, 0.5) is 0 Å². The van der Waals surface area contributed by atoms with Gasteiger partial charge in [-0.25, -0.2) is 0 Å². The van der Waals surface area contributed by atoms with Crippen LogP contribution in [0.2, 0.25) is 0 Å². The molecule has 7 heteroatoms. The molecular weight excluding hydrogens is 711 g/mol. The van der Waals surface area contributed by atoms with Gasteiger partial charge in [0.15, 0.2) is 0 Å². The van der Waals surface area contributed by atoms with Crippen molar-refractivity contribution in [3.8, 4) is 23.5 Å². The Balaban J connectivity index is 1.18. The molecule has 0 amide bonds. The minimum atomic E-state index is 0.543. The van der Waals surface area contributed by atoms with E-state index in [2.05, 4.69) is 206 Å². The third-order valence-corrected chi connectivity index (χ3v) is 11.8. The van der Waals surface area contributed by atoms with Gasteiger partial charge in [-0.05, 0) is 60.7 Å². The Morgan fingerprint density at radius 2 is 0.483 bits per heavy atom. The molecule has 0 unspecified atom stereocenters. The van der Waals surface area contributed by atoms with Gasteiger partial charge in [0.1, 0.15) is 0 Å². The molecule has 0 bridgehead atoms. The van der Waals surface area contributed by atoms with Gasteiger partial charge in [0.2, 0.25) is 17.8 Å². The van der Waals surface area contributed by atoms with Crippen molar-refractivity contribution >= 4 is 87.2 Å². The van der Waals surface area contributed by atoms with Crippen molar-refractivity contribution < 1.29 is 0 Å². The van der Waals surface area contributed by atoms with Crippen molar-refractivity contribution in [1.82, 2.24) is 33.2 Å². The summed E-state index contributed by atoms with van der Waals surface area (Å²) in [5.41, 5.74) is 9.62. The van der Waals surface area contributed by atoms with Crippen LogP contribution in [0.3, 0.4) is 0 Å². The first kappa shape index (κ1) is 31.2. The molecule has 0 aliphatic carbocycles. The van der Waals surface area contributed by atoms with Gasteiger partial charge in [-0.15, -0.1) is 0 Å². The second kappa shape index (κ2) is 11.7. The van der Waals surface area contributed by atoms with E-state index in [1.165, 1.54) is 5.39 Å². The Labute approximate surface area is 330 Å². The Kier molecular flexibility index (Phi) is 6.32. The molecule has 58 heavy (non-hydrogen) atoms. The molecule has 5 aromatic heterocycles. The van der Waals surface area contributed by atoms with Crippen molar-refractivity contribution in [2.75, 3.05) is 0 Å². The molecule has 0 spiro atoms. The highest BCUT2D eigenvalue weighted by Gasteiger charge is 2.24. The molecule has 13 rings (SSSR count). The fourth-order valence-electron chi connectivity index (χ4n) is 9.42. The number of benzene rings is 8. The highest BCUT2D eigenvalue weighted by atomic mass is 15.3. The lowest BCUT2D eigenvalue weighted by molar-refractivity contribution is 0.848. The molecule has 7 nitrogen and oxygen atoms in total. The normalized spacial score (nSPS) is 12.1. The number of para-hydroxylation sites is 7. The molecule has 13 aromatic rings. The third kappa shape index (κ3) is 4.24. The maximum absolute atomic E-state index is 5.47. The number of hydrogen-bond acceptors (Lipinski definition) is 3. The Bertz CT molecular complexity index is 3570. The maximum atomic E-state index is 5.47. The van der Waals surface area contributed by atoms with Crippen molar-refractivity contribution in [1.29, 1.82) is 0 Å². The summed E-state index contributed by atoms with van der Waals surface area (Å²) >= 11 is 0. The van der Waals surface area contributed by atoms with Crippen LogP contribution in [-0.2, 0) is 0 Å². The van der Waals surface area contributed by atoms with Crippen LogP contribution in [0.5, 0.6) is 0 Å². The fraction of sp³-hybridized carbons (Fsp3) is 0. The van der Waals surface area contributed by atoms with E-state index < -0.39 is 0 Å². The van der Waals surface area contributed by atoms with E-state index in [0.717, 1.165) is 87.5 Å². The molecule has 0 N–H and O–H groups in total. The topological polar surface area (TPSA) is 58.4 Å². The van der Waals surface area contributed by atoms with E-state index in [0.29, 0.717) is 17.8 Å². The van der Waals surface area contributed by atoms with Gasteiger partial charge < -0.3 is 4.57 Å². The van der Waals surface area contributed by atoms with E-state index in [1.807, 2.05) is 0 Å². The number of hydrogen-bond donors (Lipinski definition) is 0. The molecule has 0 saturated carbocycles. The van der Waals surface area contributed by atoms with Crippen LogP contribution >= 0.6 is 0 Å². The van der Waals surface area contributed by atoms with E-state index in [1.54, 1.807) is 0 Å². The summed E-state index contributed by atoms with van der Waals surface area (Å²) in [4.78, 5) is 16.3. The lowest BCUT2D eigenvalue weighted by atomic mass is 10.1. The SMILES string of the molecule is c1ccc(-n2c3ccccc3c3cc4c(cc32)c2ccccc2n4-c2nc(-n3c4ccccc4c4ccccc43)nc(-n3c4ccccc4c4ccccc43)n2)cc1. The molecule has 270 valence electrons. The molecule has 0 radical (unpaired) electrons. The van der Waals surface area contributed by atoms with Crippen LogP contribution in [0, 0.1) is 0 Å². The van der Waals surface area contributed by atoms with Gasteiger partial charge in [-0.3, -0.25) is 13.7 Å². The zero-order valence-corrected chi connectivity index (χ0v) is 31.0. The number of rotatable bonds is 4. The molecule has 8 aromatic carbocycles. The van der Waals surface area contributed by atoms with Gasteiger partial charge >= 0.3 is 0 Å². The van der Waals surface area contributed by atoms with Crippen molar-refractivity contribution in [3.63, 3.8) is 0 Å². The van der Waals surface area contributed by atoms with Crippen LogP contribution in [0.1, 0.15) is 0 Å². The lowest BCUT2D eigenvalue weighted by Crippen LogP contribution is -2.13. The van der Waals surface area contributed by atoms with Gasteiger partial charge in [0.05, 0.1) is 44.1 Å². The Morgan fingerprint density at radius 3 is 0.845 bits per heavy atom. The molecule has 5 heterocycles. The smallest absolute Gasteiger partial charge is 0.241 e. The van der Waals surface area contributed by atoms with Gasteiger partial charge in [-0.2, -0.15) is 15.0 Å². The maximum Gasteiger partial charge on any atom is 0.241 e. The first-order valence-corrected chi connectivity index (χ1v) is 19.6. The van der Waals surface area contributed by atoms with Gasteiger partial charge in [0, 0.05) is 48.8 Å². The van der Waals surface area contributed by atoms with Gasteiger partial charge in [-0.1, -0.05) is 127 Å². The zero-order valence-electron chi connectivity index (χ0n) is 31.0. The number of fused-ring (bicyclic) bond motifs is 12. The summed E-state index contributed by atoms with van der Waals surface area (Å²) in [7, 11) is 0. The Hall–Kier alpha value is -8.03. The van der Waals surface area contributed by atoms with Gasteiger partial charge in [0.25, 0.3) is 0 Å². The first-order chi connectivity index (χ1) is 28.8. The minimum absolute atomic E-state index is 0.543. The summed E-state index contributed by atoms with van der Waals surface area (Å²) in [5.74, 6) is 1.64. The summed E-state index contributed by atoms with van der Waals surface area (Å²) < 4.78 is 8.98. The Morgan fingerprint density at radius 1 is 0.224 bits per heavy atom. The summed E-state index contributed by atoms with van der Waals surface area (Å²) in [6.07, 6.45) is 0. The second-order valence-corrected chi connectivity index (χ2v) is 14.9. The molecule has 0 aliphatic heterocycles. The number of nitrogens with zero attached hydrogens (tertiary/aromatic N) is 7. The first-order valence-electron chi connectivity index (χ1n) is 19.6. The number of aromatic nitrogens is 7. The fourth-order valence-corrected chi connectivity index (χ4v) is 9.42. The van der Waals surface area contributed by atoms with E-state index in [4.69, 9.17) is 15.0 Å². The summed E-state index contributed by atoms with van der Waals surface area (Å²) in [6.45, 7) is 0. The predicted octanol–water partition coefficient (Wildman–Crippen LogP) is 12.3. The predicted molar refractivity (Wildman–Crippen MR) is 237 cm³/mol. The highest BCUT2D eigenvalue weighted by Crippen LogP contribution is 2.40. The molecule has 0 fully saturated rings. The van der Waals surface area contributed by atoms with Crippen molar-refractivity contribution in [2.24, 2.45) is 0 Å². The summed E-state index contributed by atoms with van der Waals surface area (Å²) in [5, 5.41) is 9.19. The highest BCUT2D eigenvalue weighted by molar-refractivity contribution is 6.19. The minimum Gasteiger partial charge on any atom is -0.309 e. The van der Waals surface area contributed by atoms with Crippen molar-refractivity contribution in [2.45, 2.75) is 0 Å². The zero-order chi connectivity index (χ0) is 37.9. The molecule has 0 atom stereocenters. The molecule has 0 saturated heterocycles.